The summed E-state index contributed by atoms with van der Waals surface area (Å²) < 4.78 is 1.89. The molecule has 0 aliphatic heterocycles. The van der Waals surface area contributed by atoms with Crippen molar-refractivity contribution in [1.29, 1.82) is 0 Å². The molecule has 4 nitrogen and oxygen atoms in total. The van der Waals surface area contributed by atoms with Crippen molar-refractivity contribution < 1.29 is 9.90 Å². The smallest absolute Gasteiger partial charge is 0.308 e. The van der Waals surface area contributed by atoms with Gasteiger partial charge in [0.15, 0.2) is 0 Å². The second-order valence-electron chi connectivity index (χ2n) is 3.99. The van der Waals surface area contributed by atoms with E-state index in [1.165, 1.54) is 0 Å². The number of carboxylic acid groups (broad SMARTS) is 1. The molecule has 1 heterocycles. The third-order valence-corrected chi connectivity index (χ3v) is 2.71. The summed E-state index contributed by atoms with van der Waals surface area (Å²) in [7, 11) is 0. The van der Waals surface area contributed by atoms with Crippen molar-refractivity contribution >= 4 is 22.6 Å². The van der Waals surface area contributed by atoms with Gasteiger partial charge in [0.05, 0.1) is 17.1 Å². The van der Waals surface area contributed by atoms with Crippen LogP contribution in [0.4, 0.5) is 5.69 Å². The van der Waals surface area contributed by atoms with Crippen LogP contribution in [0.3, 0.4) is 0 Å². The zero-order valence-corrected chi connectivity index (χ0v) is 9.05. The van der Waals surface area contributed by atoms with Gasteiger partial charge in [-0.05, 0) is 12.1 Å². The third-order valence-electron chi connectivity index (χ3n) is 2.71. The topological polar surface area (TPSA) is 68.2 Å². The van der Waals surface area contributed by atoms with Crippen LogP contribution in [0.2, 0.25) is 0 Å². The summed E-state index contributed by atoms with van der Waals surface area (Å²) in [4.78, 5) is 10.8. The molecule has 0 fully saturated rings. The minimum absolute atomic E-state index is 0.421. The number of aromatic nitrogens is 1. The van der Waals surface area contributed by atoms with Gasteiger partial charge in [-0.1, -0.05) is 19.1 Å². The molecule has 16 heavy (non-hydrogen) atoms. The summed E-state index contributed by atoms with van der Waals surface area (Å²) in [5.41, 5.74) is 7.48. The number of benzene rings is 1. The number of nitrogen functional groups attached to an aromatic ring is 1. The fourth-order valence-electron chi connectivity index (χ4n) is 1.82. The molecule has 0 bridgehead atoms. The van der Waals surface area contributed by atoms with Gasteiger partial charge >= 0.3 is 5.97 Å². The fraction of sp³-hybridized carbons (Fsp3) is 0.250. The highest BCUT2D eigenvalue weighted by Crippen LogP contribution is 2.22. The van der Waals surface area contributed by atoms with Gasteiger partial charge in [-0.2, -0.15) is 0 Å². The maximum absolute atomic E-state index is 10.8. The maximum atomic E-state index is 10.8. The molecule has 4 heteroatoms. The maximum Gasteiger partial charge on any atom is 0.308 e. The summed E-state index contributed by atoms with van der Waals surface area (Å²) in [6.45, 7) is 2.13. The molecule has 0 spiro atoms. The summed E-state index contributed by atoms with van der Waals surface area (Å²) in [6, 6.07) is 7.63. The van der Waals surface area contributed by atoms with E-state index in [9.17, 15) is 4.79 Å². The Morgan fingerprint density at radius 2 is 2.25 bits per heavy atom. The van der Waals surface area contributed by atoms with E-state index in [2.05, 4.69) is 0 Å². The lowest BCUT2D eigenvalue weighted by atomic mass is 10.2. The molecule has 0 saturated heterocycles. The second kappa shape index (κ2) is 3.89. The molecule has 0 amide bonds. The molecule has 1 unspecified atom stereocenters. The standard InChI is InChI=1S/C12H14N2O2/c1-8(12(15)16)7-14-6-5-9-3-2-4-10(13)11(9)14/h2-6,8H,7,13H2,1H3,(H,15,16). The van der Waals surface area contributed by atoms with Crippen molar-refractivity contribution in [3.8, 4) is 0 Å². The lowest BCUT2D eigenvalue weighted by Gasteiger charge is -2.10. The number of aliphatic carboxylic acids is 1. The molecule has 84 valence electrons. The largest absolute Gasteiger partial charge is 0.481 e. The Morgan fingerprint density at radius 3 is 2.94 bits per heavy atom. The van der Waals surface area contributed by atoms with E-state index in [0.29, 0.717) is 12.2 Å². The molecule has 0 saturated carbocycles. The van der Waals surface area contributed by atoms with Crippen molar-refractivity contribution in [3.63, 3.8) is 0 Å². The van der Waals surface area contributed by atoms with Crippen LogP contribution in [0.25, 0.3) is 10.9 Å². The fourth-order valence-corrected chi connectivity index (χ4v) is 1.82. The molecule has 2 rings (SSSR count). The van der Waals surface area contributed by atoms with Crippen LogP contribution >= 0.6 is 0 Å². The summed E-state index contributed by atoms with van der Waals surface area (Å²) in [5.74, 6) is -1.22. The number of fused-ring (bicyclic) bond motifs is 1. The zero-order valence-electron chi connectivity index (χ0n) is 9.05. The lowest BCUT2D eigenvalue weighted by molar-refractivity contribution is -0.141. The second-order valence-corrected chi connectivity index (χ2v) is 3.99. The number of hydrogen-bond donors (Lipinski definition) is 2. The van der Waals surface area contributed by atoms with E-state index < -0.39 is 11.9 Å². The number of para-hydroxylation sites is 1. The number of anilines is 1. The Kier molecular flexibility index (Phi) is 2.56. The van der Waals surface area contributed by atoms with Gasteiger partial charge in [0.25, 0.3) is 0 Å². The lowest BCUT2D eigenvalue weighted by Crippen LogP contribution is -2.16. The van der Waals surface area contributed by atoms with Gasteiger partial charge in [-0.15, -0.1) is 0 Å². The van der Waals surface area contributed by atoms with Crippen molar-refractivity contribution in [1.82, 2.24) is 4.57 Å². The van der Waals surface area contributed by atoms with Gasteiger partial charge in [0.2, 0.25) is 0 Å². The van der Waals surface area contributed by atoms with Gasteiger partial charge in [-0.25, -0.2) is 0 Å². The molecule has 2 aromatic rings. The molecule has 1 aromatic carbocycles. The number of nitrogens with zero attached hydrogens (tertiary/aromatic N) is 1. The molecule has 3 N–H and O–H groups in total. The quantitative estimate of drug-likeness (QED) is 0.773. The van der Waals surface area contributed by atoms with Gasteiger partial charge in [0, 0.05) is 18.1 Å². The summed E-state index contributed by atoms with van der Waals surface area (Å²) >= 11 is 0. The van der Waals surface area contributed by atoms with Crippen LogP contribution in [-0.2, 0) is 11.3 Å². The van der Waals surface area contributed by atoms with Crippen molar-refractivity contribution in [2.45, 2.75) is 13.5 Å². The van der Waals surface area contributed by atoms with Crippen LogP contribution in [-0.4, -0.2) is 15.6 Å². The molecule has 1 atom stereocenters. The van der Waals surface area contributed by atoms with Gasteiger partial charge < -0.3 is 15.4 Å². The zero-order chi connectivity index (χ0) is 11.7. The van der Waals surface area contributed by atoms with Gasteiger partial charge in [0.1, 0.15) is 0 Å². The minimum Gasteiger partial charge on any atom is -0.481 e. The molecule has 0 radical (unpaired) electrons. The van der Waals surface area contributed by atoms with Gasteiger partial charge in [-0.3, -0.25) is 4.79 Å². The van der Waals surface area contributed by atoms with Crippen molar-refractivity contribution in [2.75, 3.05) is 5.73 Å². The molecule has 1 aromatic heterocycles. The molecular formula is C12H14N2O2. The first-order valence-corrected chi connectivity index (χ1v) is 5.15. The molecule has 0 aliphatic rings. The highest BCUT2D eigenvalue weighted by atomic mass is 16.4. The van der Waals surface area contributed by atoms with Crippen molar-refractivity contribution in [3.05, 3.63) is 30.5 Å². The predicted molar refractivity (Wildman–Crippen MR) is 63.2 cm³/mol. The van der Waals surface area contributed by atoms with Crippen LogP contribution in [0.1, 0.15) is 6.92 Å². The van der Waals surface area contributed by atoms with Crippen LogP contribution in [0.15, 0.2) is 30.5 Å². The number of hydrogen-bond acceptors (Lipinski definition) is 2. The average molecular weight is 218 g/mol. The number of carboxylic acids is 1. The molecule has 0 aliphatic carbocycles. The minimum atomic E-state index is -0.795. The monoisotopic (exact) mass is 218 g/mol. The Bertz CT molecular complexity index is 531. The van der Waals surface area contributed by atoms with E-state index in [0.717, 1.165) is 10.9 Å². The van der Waals surface area contributed by atoms with Crippen LogP contribution in [0.5, 0.6) is 0 Å². The van der Waals surface area contributed by atoms with E-state index in [-0.39, 0.29) is 0 Å². The Hall–Kier alpha value is -1.97. The number of carbonyl (C=O) groups is 1. The normalized spacial score (nSPS) is 12.8. The van der Waals surface area contributed by atoms with E-state index in [1.807, 2.05) is 35.0 Å². The summed E-state index contributed by atoms with van der Waals surface area (Å²) in [5, 5.41) is 9.92. The Morgan fingerprint density at radius 1 is 1.50 bits per heavy atom. The first kappa shape index (κ1) is 10.5. The average Bonchev–Trinajstić information content (AvgIpc) is 2.63. The Balaban J connectivity index is 2.42. The van der Waals surface area contributed by atoms with E-state index in [4.69, 9.17) is 10.8 Å². The van der Waals surface area contributed by atoms with Crippen LogP contribution < -0.4 is 5.73 Å². The number of rotatable bonds is 3. The van der Waals surface area contributed by atoms with Crippen LogP contribution in [0, 0.1) is 5.92 Å². The highest BCUT2D eigenvalue weighted by molar-refractivity contribution is 5.90. The highest BCUT2D eigenvalue weighted by Gasteiger charge is 2.13. The van der Waals surface area contributed by atoms with E-state index >= 15 is 0 Å². The first-order valence-electron chi connectivity index (χ1n) is 5.15. The Labute approximate surface area is 93.3 Å². The molecular weight excluding hydrogens is 204 g/mol. The summed E-state index contributed by atoms with van der Waals surface area (Å²) in [6.07, 6.45) is 1.88. The first-order chi connectivity index (χ1) is 7.59. The van der Waals surface area contributed by atoms with E-state index in [1.54, 1.807) is 6.92 Å². The van der Waals surface area contributed by atoms with Crippen molar-refractivity contribution in [2.24, 2.45) is 5.92 Å². The predicted octanol–water partition coefficient (Wildman–Crippen LogP) is 1.94. The third kappa shape index (κ3) is 1.74. The SMILES string of the molecule is CC(Cn1ccc2cccc(N)c21)C(=O)O. The number of nitrogens with two attached hydrogens (primary N) is 1.